The maximum Gasteiger partial charge on any atom is 0.272 e. The topological polar surface area (TPSA) is 92.7 Å². The maximum atomic E-state index is 12.5. The van der Waals surface area contributed by atoms with Gasteiger partial charge in [0.25, 0.3) is 5.91 Å². The third-order valence-corrected chi connectivity index (χ3v) is 4.59. The molecule has 7 nitrogen and oxygen atoms in total. The molecule has 4 aromatic rings. The standard InChI is InChI=1S/C20H20N4O3/c1-12(2)15(11-25)22-20(26)14-7-8-19-21-10-16(24(19)23-14)18-9-13-5-3-4-6-17(13)27-18/h3-10,12,15,25H,11H2,1-2H3,(H,22,26)/t15-/m1/s1. The molecule has 1 aromatic carbocycles. The fourth-order valence-corrected chi connectivity index (χ4v) is 2.94. The first-order chi connectivity index (χ1) is 13.1. The first-order valence-corrected chi connectivity index (χ1v) is 8.82. The summed E-state index contributed by atoms with van der Waals surface area (Å²) >= 11 is 0. The summed E-state index contributed by atoms with van der Waals surface area (Å²) in [6.45, 7) is 3.75. The van der Waals surface area contributed by atoms with Crippen molar-refractivity contribution in [3.63, 3.8) is 0 Å². The smallest absolute Gasteiger partial charge is 0.272 e. The number of nitrogens with zero attached hydrogens (tertiary/aromatic N) is 3. The van der Waals surface area contributed by atoms with E-state index in [0.717, 1.165) is 11.0 Å². The van der Waals surface area contributed by atoms with Gasteiger partial charge in [0.15, 0.2) is 11.4 Å². The Morgan fingerprint density at radius 3 is 2.81 bits per heavy atom. The SMILES string of the molecule is CC(C)[C@@H](CO)NC(=O)c1ccc2ncc(-c3cc4ccccc4o3)n2n1. The van der Waals surface area contributed by atoms with Crippen LogP contribution in [0.2, 0.25) is 0 Å². The number of nitrogens with one attached hydrogen (secondary N) is 1. The fourth-order valence-electron chi connectivity index (χ4n) is 2.94. The summed E-state index contributed by atoms with van der Waals surface area (Å²) in [5.41, 5.74) is 2.30. The predicted molar refractivity (Wildman–Crippen MR) is 101 cm³/mol. The molecule has 0 saturated carbocycles. The Hall–Kier alpha value is -3.19. The first kappa shape index (κ1) is 17.2. The number of rotatable bonds is 5. The van der Waals surface area contributed by atoms with Crippen molar-refractivity contribution in [2.24, 2.45) is 5.92 Å². The van der Waals surface area contributed by atoms with Crippen LogP contribution < -0.4 is 5.32 Å². The van der Waals surface area contributed by atoms with Gasteiger partial charge in [-0.3, -0.25) is 4.79 Å². The monoisotopic (exact) mass is 364 g/mol. The van der Waals surface area contributed by atoms with Crippen molar-refractivity contribution in [2.75, 3.05) is 6.61 Å². The second-order valence-electron chi connectivity index (χ2n) is 6.79. The lowest BCUT2D eigenvalue weighted by Gasteiger charge is -2.19. The van der Waals surface area contributed by atoms with Crippen molar-refractivity contribution in [1.29, 1.82) is 0 Å². The third kappa shape index (κ3) is 3.17. The van der Waals surface area contributed by atoms with Gasteiger partial charge in [0.1, 0.15) is 17.0 Å². The lowest BCUT2D eigenvalue weighted by atomic mass is 10.1. The van der Waals surface area contributed by atoms with Crippen molar-refractivity contribution in [3.05, 3.63) is 54.4 Å². The molecule has 27 heavy (non-hydrogen) atoms. The predicted octanol–water partition coefficient (Wildman–Crippen LogP) is 2.89. The quantitative estimate of drug-likeness (QED) is 0.568. The van der Waals surface area contributed by atoms with Gasteiger partial charge in [0, 0.05) is 5.39 Å². The number of aliphatic hydroxyl groups is 1. The molecule has 0 aliphatic carbocycles. The van der Waals surface area contributed by atoms with Crippen LogP contribution in [0.15, 0.2) is 53.1 Å². The molecule has 0 saturated heterocycles. The van der Waals surface area contributed by atoms with Gasteiger partial charge in [-0.2, -0.15) is 5.10 Å². The van der Waals surface area contributed by atoms with Crippen LogP contribution >= 0.6 is 0 Å². The average molecular weight is 364 g/mol. The lowest BCUT2D eigenvalue weighted by molar-refractivity contribution is 0.0890. The molecule has 0 fully saturated rings. The first-order valence-electron chi connectivity index (χ1n) is 8.82. The molecule has 0 unspecified atom stereocenters. The van der Waals surface area contributed by atoms with Gasteiger partial charge >= 0.3 is 0 Å². The van der Waals surface area contributed by atoms with Crippen LogP contribution in [0.25, 0.3) is 28.1 Å². The van der Waals surface area contributed by atoms with Gasteiger partial charge in [0.2, 0.25) is 0 Å². The highest BCUT2D eigenvalue weighted by atomic mass is 16.3. The highest BCUT2D eigenvalue weighted by molar-refractivity contribution is 5.92. The number of carbonyl (C=O) groups excluding carboxylic acids is 1. The Bertz CT molecular complexity index is 1080. The van der Waals surface area contributed by atoms with E-state index in [4.69, 9.17) is 4.42 Å². The van der Waals surface area contributed by atoms with E-state index in [0.29, 0.717) is 17.1 Å². The van der Waals surface area contributed by atoms with Crippen molar-refractivity contribution in [2.45, 2.75) is 19.9 Å². The molecule has 3 heterocycles. The molecule has 0 bridgehead atoms. The van der Waals surface area contributed by atoms with Gasteiger partial charge in [-0.05, 0) is 30.2 Å². The molecular weight excluding hydrogens is 344 g/mol. The molecule has 138 valence electrons. The fraction of sp³-hybridized carbons (Fsp3) is 0.250. The van der Waals surface area contributed by atoms with Crippen LogP contribution in [-0.4, -0.2) is 38.3 Å². The Balaban J connectivity index is 1.72. The number of aromatic nitrogens is 3. The number of carbonyl (C=O) groups is 1. The summed E-state index contributed by atoms with van der Waals surface area (Å²) in [6, 6.07) is 12.7. The van der Waals surface area contributed by atoms with Crippen molar-refractivity contribution in [1.82, 2.24) is 19.9 Å². The number of para-hydroxylation sites is 1. The van der Waals surface area contributed by atoms with E-state index in [1.54, 1.807) is 22.8 Å². The number of hydrogen-bond acceptors (Lipinski definition) is 5. The number of amides is 1. The van der Waals surface area contributed by atoms with Gasteiger partial charge in [-0.25, -0.2) is 9.50 Å². The minimum atomic E-state index is -0.339. The molecule has 4 rings (SSSR count). The summed E-state index contributed by atoms with van der Waals surface area (Å²) in [6.07, 6.45) is 1.67. The van der Waals surface area contributed by atoms with E-state index in [1.165, 1.54) is 0 Å². The number of furan rings is 1. The Kier molecular flexibility index (Phi) is 4.37. The number of imidazole rings is 1. The summed E-state index contributed by atoms with van der Waals surface area (Å²) in [4.78, 5) is 16.9. The molecule has 0 aliphatic heterocycles. The normalized spacial score (nSPS) is 12.7. The van der Waals surface area contributed by atoms with Crippen molar-refractivity contribution in [3.8, 4) is 11.5 Å². The van der Waals surface area contributed by atoms with Gasteiger partial charge in [0.05, 0.1) is 18.8 Å². The maximum absolute atomic E-state index is 12.5. The molecule has 0 spiro atoms. The van der Waals surface area contributed by atoms with Crippen LogP contribution in [0.4, 0.5) is 0 Å². The van der Waals surface area contributed by atoms with E-state index in [9.17, 15) is 9.90 Å². The largest absolute Gasteiger partial charge is 0.454 e. The molecule has 0 radical (unpaired) electrons. The molecule has 0 aliphatic rings. The Morgan fingerprint density at radius 2 is 2.07 bits per heavy atom. The van der Waals surface area contributed by atoms with Gasteiger partial charge in [-0.15, -0.1) is 0 Å². The van der Waals surface area contributed by atoms with E-state index in [-0.39, 0.29) is 30.2 Å². The second-order valence-corrected chi connectivity index (χ2v) is 6.79. The number of aliphatic hydroxyl groups excluding tert-OH is 1. The number of fused-ring (bicyclic) bond motifs is 2. The minimum Gasteiger partial charge on any atom is -0.454 e. The molecule has 3 aromatic heterocycles. The highest BCUT2D eigenvalue weighted by Gasteiger charge is 2.19. The molecule has 1 atom stereocenters. The number of benzene rings is 1. The van der Waals surface area contributed by atoms with Crippen LogP contribution in [0.1, 0.15) is 24.3 Å². The Labute approximate surface area is 155 Å². The van der Waals surface area contributed by atoms with E-state index >= 15 is 0 Å². The summed E-state index contributed by atoms with van der Waals surface area (Å²) < 4.78 is 7.49. The zero-order valence-electron chi connectivity index (χ0n) is 15.1. The molecule has 1 amide bonds. The number of hydrogen-bond donors (Lipinski definition) is 2. The van der Waals surface area contributed by atoms with Crippen molar-refractivity contribution < 1.29 is 14.3 Å². The highest BCUT2D eigenvalue weighted by Crippen LogP contribution is 2.27. The Morgan fingerprint density at radius 1 is 1.26 bits per heavy atom. The van der Waals surface area contributed by atoms with Gasteiger partial charge < -0.3 is 14.8 Å². The van der Waals surface area contributed by atoms with Gasteiger partial charge in [-0.1, -0.05) is 32.0 Å². The second kappa shape index (κ2) is 6.85. The zero-order chi connectivity index (χ0) is 19.0. The summed E-state index contributed by atoms with van der Waals surface area (Å²) in [7, 11) is 0. The lowest BCUT2D eigenvalue weighted by Crippen LogP contribution is -2.41. The van der Waals surface area contributed by atoms with E-state index < -0.39 is 0 Å². The molecule has 2 N–H and O–H groups in total. The van der Waals surface area contributed by atoms with Crippen LogP contribution in [0, 0.1) is 5.92 Å². The van der Waals surface area contributed by atoms with Crippen LogP contribution in [-0.2, 0) is 0 Å². The average Bonchev–Trinajstić information content (AvgIpc) is 3.28. The van der Waals surface area contributed by atoms with E-state index in [1.807, 2.05) is 44.2 Å². The summed E-state index contributed by atoms with van der Waals surface area (Å²) in [5.74, 6) is 0.403. The third-order valence-electron chi connectivity index (χ3n) is 4.59. The van der Waals surface area contributed by atoms with Crippen molar-refractivity contribution >= 4 is 22.5 Å². The van der Waals surface area contributed by atoms with E-state index in [2.05, 4.69) is 15.4 Å². The molecular formula is C20H20N4O3. The van der Waals surface area contributed by atoms with Crippen LogP contribution in [0.3, 0.4) is 0 Å². The van der Waals surface area contributed by atoms with Crippen LogP contribution in [0.5, 0.6) is 0 Å². The molecule has 7 heteroatoms. The summed E-state index contributed by atoms with van der Waals surface area (Å²) in [5, 5.41) is 17.7. The minimum absolute atomic E-state index is 0.113. The zero-order valence-corrected chi connectivity index (χ0v) is 15.1.